The Morgan fingerprint density at radius 2 is 1.87 bits per heavy atom. The number of nitrogens with zero attached hydrogens (tertiary/aromatic N) is 7. The van der Waals surface area contributed by atoms with Gasteiger partial charge in [0.15, 0.2) is 5.82 Å². The van der Waals surface area contributed by atoms with Gasteiger partial charge in [0.1, 0.15) is 11.6 Å². The smallest absolute Gasteiger partial charge is 0.333 e. The van der Waals surface area contributed by atoms with E-state index in [1.54, 1.807) is 0 Å². The van der Waals surface area contributed by atoms with Crippen LogP contribution in [0, 0.1) is 0 Å². The van der Waals surface area contributed by atoms with Crippen LogP contribution in [0.2, 0.25) is 0 Å². The lowest BCUT2D eigenvalue weighted by molar-refractivity contribution is 0.0568. The number of rotatable bonds is 10. The quantitative estimate of drug-likeness (QED) is 0.279. The van der Waals surface area contributed by atoms with E-state index in [1.807, 2.05) is 0 Å². The van der Waals surface area contributed by atoms with Crippen LogP contribution < -0.4 is 10.6 Å². The topological polar surface area (TPSA) is 133 Å². The van der Waals surface area contributed by atoms with Gasteiger partial charge < -0.3 is 10.6 Å². The van der Waals surface area contributed by atoms with Gasteiger partial charge in [0, 0.05) is 35.9 Å². The number of pyridine rings is 1. The van der Waals surface area contributed by atoms with E-state index in [4.69, 9.17) is 0 Å². The van der Waals surface area contributed by atoms with E-state index in [0.717, 1.165) is 10.3 Å². The molecule has 0 aromatic carbocycles. The van der Waals surface area contributed by atoms with Crippen LogP contribution in [0.25, 0.3) is 22.6 Å². The zero-order valence-electron chi connectivity index (χ0n) is 19.7. The molecule has 0 bridgehead atoms. The predicted octanol–water partition coefficient (Wildman–Crippen LogP) is 4.14. The molecule has 0 radical (unpaired) electrons. The molecule has 1 atom stereocenters. The molecule has 1 fully saturated rings. The van der Waals surface area contributed by atoms with Crippen LogP contribution in [0.15, 0.2) is 49.2 Å². The minimum absolute atomic E-state index is 0.121. The van der Waals surface area contributed by atoms with Crippen molar-refractivity contribution in [1.29, 1.82) is 0 Å². The number of halogens is 4. The minimum Gasteiger partial charge on any atom is -0.376 e. The number of hydrogen-bond acceptors (Lipinski definition) is 9. The van der Waals surface area contributed by atoms with Gasteiger partial charge in [-0.1, -0.05) is 0 Å². The van der Waals surface area contributed by atoms with E-state index in [9.17, 15) is 26.0 Å². The third kappa shape index (κ3) is 5.29. The first-order valence-corrected chi connectivity index (χ1v) is 12.9. The summed E-state index contributed by atoms with van der Waals surface area (Å²) in [5.41, 5.74) is 0.936. The fourth-order valence-electron chi connectivity index (χ4n) is 3.52. The van der Waals surface area contributed by atoms with Crippen molar-refractivity contribution in [2.45, 2.75) is 44.0 Å². The van der Waals surface area contributed by atoms with Gasteiger partial charge in [0.2, 0.25) is 0 Å². The molecule has 1 aliphatic carbocycles. The van der Waals surface area contributed by atoms with Crippen molar-refractivity contribution < 1.29 is 26.0 Å². The third-order valence-electron chi connectivity index (χ3n) is 5.69. The van der Waals surface area contributed by atoms with Crippen LogP contribution in [0.1, 0.15) is 26.3 Å². The fraction of sp³-hybridized carbons (Fsp3) is 0.318. The second-order valence-corrected chi connectivity index (χ2v) is 10.6. The summed E-state index contributed by atoms with van der Waals surface area (Å²) >= 11 is 0. The molecule has 0 spiro atoms. The summed E-state index contributed by atoms with van der Waals surface area (Å²) in [6.07, 6.45) is 5.02. The second-order valence-electron chi connectivity index (χ2n) is 8.58. The molecule has 1 saturated carbocycles. The van der Waals surface area contributed by atoms with Crippen molar-refractivity contribution in [3.8, 4) is 22.6 Å². The maximum absolute atomic E-state index is 13.3. The molecule has 11 nitrogen and oxygen atoms in total. The molecule has 2 N–H and O–H groups in total. The largest absolute Gasteiger partial charge is 0.376 e. The molecule has 1 aliphatic rings. The summed E-state index contributed by atoms with van der Waals surface area (Å²) in [5, 5.41) is 12.9. The van der Waals surface area contributed by atoms with Crippen molar-refractivity contribution in [1.82, 2.24) is 33.9 Å². The molecule has 16 heteroatoms. The summed E-state index contributed by atoms with van der Waals surface area (Å²) < 4.78 is 78.7. The highest BCUT2D eigenvalue weighted by molar-refractivity contribution is 7.90. The summed E-state index contributed by atoms with van der Waals surface area (Å²) in [6, 6.07) is 3.03. The highest BCUT2D eigenvalue weighted by atomic mass is 32.2. The molecule has 0 aliphatic heterocycles. The van der Waals surface area contributed by atoms with Gasteiger partial charge in [0.05, 0.1) is 34.9 Å². The normalized spacial score (nSPS) is 14.7. The summed E-state index contributed by atoms with van der Waals surface area (Å²) in [4.78, 5) is 12.8. The molecular weight excluding hydrogens is 530 g/mol. The third-order valence-corrected chi connectivity index (χ3v) is 7.72. The average molecular weight is 552 g/mol. The first-order chi connectivity index (χ1) is 18.1. The van der Waals surface area contributed by atoms with Crippen LogP contribution in [-0.2, 0) is 10.0 Å². The fourth-order valence-corrected chi connectivity index (χ4v) is 5.00. The number of alkyl halides is 4. The Morgan fingerprint density at radius 1 is 1.08 bits per heavy atom. The average Bonchev–Trinajstić information content (AvgIpc) is 3.42. The lowest BCUT2D eigenvalue weighted by Crippen LogP contribution is -2.24. The van der Waals surface area contributed by atoms with Crippen molar-refractivity contribution in [2.75, 3.05) is 10.6 Å². The molecule has 0 amide bonds. The number of aromatic nitrogens is 7. The van der Waals surface area contributed by atoms with Gasteiger partial charge >= 0.3 is 6.55 Å². The summed E-state index contributed by atoms with van der Waals surface area (Å²) in [6.45, 7) is -1.58. The van der Waals surface area contributed by atoms with Crippen molar-refractivity contribution in [3.63, 3.8) is 0 Å². The van der Waals surface area contributed by atoms with Crippen LogP contribution in [0.5, 0.6) is 0 Å². The van der Waals surface area contributed by atoms with Gasteiger partial charge in [-0.15, -0.1) is 0 Å². The molecule has 1 unspecified atom stereocenters. The van der Waals surface area contributed by atoms with E-state index in [-0.39, 0.29) is 34.4 Å². The highest BCUT2D eigenvalue weighted by Gasteiger charge is 2.37. The van der Waals surface area contributed by atoms with Crippen molar-refractivity contribution in [2.24, 2.45) is 0 Å². The lowest BCUT2D eigenvalue weighted by Gasteiger charge is -2.18. The Labute approximate surface area is 214 Å². The van der Waals surface area contributed by atoms with E-state index < -0.39 is 34.3 Å². The van der Waals surface area contributed by atoms with E-state index >= 15 is 0 Å². The predicted molar refractivity (Wildman–Crippen MR) is 130 cm³/mol. The van der Waals surface area contributed by atoms with E-state index in [1.165, 1.54) is 49.9 Å². The van der Waals surface area contributed by atoms with Crippen LogP contribution in [0.4, 0.5) is 34.9 Å². The lowest BCUT2D eigenvalue weighted by atomic mass is 10.1. The van der Waals surface area contributed by atoms with Crippen molar-refractivity contribution in [3.05, 3.63) is 49.2 Å². The Morgan fingerprint density at radius 3 is 2.55 bits per heavy atom. The molecule has 38 heavy (non-hydrogen) atoms. The minimum atomic E-state index is -3.55. The molecular formula is C22H21F4N9O2S. The molecule has 0 saturated heterocycles. The molecule has 4 aromatic rings. The maximum atomic E-state index is 13.3. The zero-order chi connectivity index (χ0) is 27.0. The Balaban J connectivity index is 1.42. The van der Waals surface area contributed by atoms with Gasteiger partial charge in [-0.3, -0.25) is 0 Å². The summed E-state index contributed by atoms with van der Waals surface area (Å²) in [7, 11) is -3.55. The standard InChI is InChI=1S/C22H21F4N9O2S/c1-12(20(23)24)30-17-8-19(28-10-15(17)16-5-7-34(33-16)22(25)26)31-18-4-6-27-21(32-18)13-9-29-35(11-13)38(36,37)14-2-3-14/h4-12,14,20,22H,2-3H2,1H3,(H2,27,28,30,31,32). The second kappa shape index (κ2) is 10.00. The van der Waals surface area contributed by atoms with Gasteiger partial charge in [-0.25, -0.2) is 36.8 Å². The van der Waals surface area contributed by atoms with E-state index in [0.29, 0.717) is 23.1 Å². The first kappa shape index (κ1) is 25.6. The molecule has 5 rings (SSSR count). The van der Waals surface area contributed by atoms with Crippen LogP contribution >= 0.6 is 0 Å². The molecule has 4 heterocycles. The van der Waals surface area contributed by atoms with Crippen molar-refractivity contribution >= 4 is 27.3 Å². The number of hydrogen-bond donors (Lipinski definition) is 2. The number of anilines is 3. The van der Waals surface area contributed by atoms with Gasteiger partial charge in [-0.2, -0.15) is 23.1 Å². The SMILES string of the molecule is CC(Nc1cc(Nc2ccnc(-c3cnn(S(=O)(=O)C4CC4)c3)n2)ncc1-c1ccn(C(F)F)n1)C(F)F. The van der Waals surface area contributed by atoms with Crippen LogP contribution in [-0.4, -0.2) is 60.1 Å². The monoisotopic (exact) mass is 551 g/mol. The Hall–Kier alpha value is -4.08. The number of nitrogens with one attached hydrogen (secondary N) is 2. The Bertz CT molecular complexity index is 1550. The molecule has 4 aromatic heterocycles. The Kier molecular flexibility index (Phi) is 6.73. The maximum Gasteiger partial charge on any atom is 0.333 e. The first-order valence-electron chi connectivity index (χ1n) is 11.4. The van der Waals surface area contributed by atoms with Crippen LogP contribution in [0.3, 0.4) is 0 Å². The summed E-state index contributed by atoms with van der Waals surface area (Å²) in [5.74, 6) is 0.691. The van der Waals surface area contributed by atoms with E-state index in [2.05, 4.69) is 35.8 Å². The highest BCUT2D eigenvalue weighted by Crippen LogP contribution is 2.32. The molecule has 200 valence electrons. The van der Waals surface area contributed by atoms with Gasteiger partial charge in [-0.05, 0) is 31.9 Å². The van der Waals surface area contributed by atoms with Gasteiger partial charge in [0.25, 0.3) is 16.4 Å². The zero-order valence-corrected chi connectivity index (χ0v) is 20.5.